The summed E-state index contributed by atoms with van der Waals surface area (Å²) in [7, 11) is 1.81. The molecule has 1 saturated carbocycles. The van der Waals surface area contributed by atoms with E-state index >= 15 is 0 Å². The zero-order chi connectivity index (χ0) is 19.9. The van der Waals surface area contributed by atoms with Crippen molar-refractivity contribution in [3.8, 4) is 0 Å². The molecule has 0 radical (unpaired) electrons. The smallest absolute Gasteiger partial charge is 0.381 e. The Balaban J connectivity index is 1.35. The molecule has 0 spiro atoms. The lowest BCUT2D eigenvalue weighted by Gasteiger charge is -2.29. The van der Waals surface area contributed by atoms with E-state index in [1.807, 2.05) is 11.9 Å². The third-order valence-electron chi connectivity index (χ3n) is 6.61. The standard InChI is InChI=1S/C19H26ClF3N4O/c1-26(17-8-16(19(21,22)23)18(20)25-24-17)15-6-13-10-27(11-14(13)7-15)9-12-2-4-28-5-3-12/h8,12-15H,2-7,9-11H2,1H3/t13-,14+,15+. The van der Waals surface area contributed by atoms with Gasteiger partial charge in [-0.3, -0.25) is 0 Å². The van der Waals surface area contributed by atoms with Gasteiger partial charge in [0.25, 0.3) is 0 Å². The number of hydrogen-bond donors (Lipinski definition) is 0. The van der Waals surface area contributed by atoms with Gasteiger partial charge in [-0.25, -0.2) is 0 Å². The van der Waals surface area contributed by atoms with Crippen LogP contribution in [0, 0.1) is 17.8 Å². The first-order chi connectivity index (χ1) is 13.3. The van der Waals surface area contributed by atoms with E-state index in [0.717, 1.165) is 70.5 Å². The third kappa shape index (κ3) is 4.24. The highest BCUT2D eigenvalue weighted by atomic mass is 35.5. The Labute approximate surface area is 168 Å². The van der Waals surface area contributed by atoms with Crippen molar-refractivity contribution in [1.29, 1.82) is 0 Å². The number of rotatable bonds is 4. The zero-order valence-corrected chi connectivity index (χ0v) is 16.7. The topological polar surface area (TPSA) is 41.5 Å². The van der Waals surface area contributed by atoms with Gasteiger partial charge in [0.2, 0.25) is 0 Å². The lowest BCUT2D eigenvalue weighted by Crippen LogP contribution is -2.35. The second kappa shape index (κ2) is 7.95. The van der Waals surface area contributed by atoms with Gasteiger partial charge >= 0.3 is 6.18 Å². The maximum Gasteiger partial charge on any atom is 0.419 e. The lowest BCUT2D eigenvalue weighted by atomic mass is 10.00. The molecule has 3 atom stereocenters. The number of ether oxygens (including phenoxy) is 1. The minimum absolute atomic E-state index is 0.191. The highest BCUT2D eigenvalue weighted by Gasteiger charge is 2.43. The quantitative estimate of drug-likeness (QED) is 0.745. The highest BCUT2D eigenvalue weighted by molar-refractivity contribution is 6.30. The van der Waals surface area contributed by atoms with Crippen LogP contribution in [0.4, 0.5) is 19.0 Å². The molecule has 2 saturated heterocycles. The van der Waals surface area contributed by atoms with E-state index in [1.54, 1.807) is 0 Å². The van der Waals surface area contributed by atoms with Crippen LogP contribution in [0.3, 0.4) is 0 Å². The predicted molar refractivity (Wildman–Crippen MR) is 100 cm³/mol. The van der Waals surface area contributed by atoms with E-state index in [2.05, 4.69) is 15.1 Å². The molecular formula is C19H26ClF3N4O. The third-order valence-corrected chi connectivity index (χ3v) is 6.89. The molecule has 2 aliphatic heterocycles. The average Bonchev–Trinajstić information content (AvgIpc) is 3.20. The molecule has 3 heterocycles. The van der Waals surface area contributed by atoms with Crippen molar-refractivity contribution in [1.82, 2.24) is 15.1 Å². The number of aromatic nitrogens is 2. The van der Waals surface area contributed by atoms with E-state index in [1.165, 1.54) is 0 Å². The Kier molecular flexibility index (Phi) is 5.73. The summed E-state index contributed by atoms with van der Waals surface area (Å²) >= 11 is 5.59. The molecule has 0 aromatic carbocycles. The molecule has 9 heteroatoms. The predicted octanol–water partition coefficient (Wildman–Crippen LogP) is 3.72. The molecule has 1 aromatic rings. The van der Waals surface area contributed by atoms with Crippen LogP contribution in [-0.4, -0.2) is 61.0 Å². The van der Waals surface area contributed by atoms with Gasteiger partial charge in [-0.15, -0.1) is 10.2 Å². The fraction of sp³-hybridized carbons (Fsp3) is 0.789. The van der Waals surface area contributed by atoms with Crippen molar-refractivity contribution in [3.63, 3.8) is 0 Å². The van der Waals surface area contributed by atoms with Crippen LogP contribution < -0.4 is 4.90 Å². The molecule has 5 nitrogen and oxygen atoms in total. The molecule has 156 valence electrons. The van der Waals surface area contributed by atoms with E-state index in [0.29, 0.717) is 11.8 Å². The normalized spacial score (nSPS) is 29.2. The minimum Gasteiger partial charge on any atom is -0.381 e. The Hall–Kier alpha value is -1.12. The van der Waals surface area contributed by atoms with Crippen LogP contribution in [-0.2, 0) is 10.9 Å². The van der Waals surface area contributed by atoms with Crippen LogP contribution in [0.15, 0.2) is 6.07 Å². The fourth-order valence-corrected chi connectivity index (χ4v) is 5.25. The summed E-state index contributed by atoms with van der Waals surface area (Å²) in [4.78, 5) is 4.42. The summed E-state index contributed by atoms with van der Waals surface area (Å²) in [5.74, 6) is 2.18. The number of likely N-dealkylation sites (tertiary alicyclic amines) is 1. The zero-order valence-electron chi connectivity index (χ0n) is 16.0. The average molecular weight is 419 g/mol. The molecule has 3 fully saturated rings. The van der Waals surface area contributed by atoms with Crippen molar-refractivity contribution < 1.29 is 17.9 Å². The molecule has 4 rings (SSSR count). The van der Waals surface area contributed by atoms with Crippen molar-refractivity contribution >= 4 is 17.4 Å². The summed E-state index contributed by atoms with van der Waals surface area (Å²) in [6.07, 6.45) is -0.268. The Bertz CT molecular complexity index is 684. The number of hydrogen-bond acceptors (Lipinski definition) is 5. The van der Waals surface area contributed by atoms with E-state index in [-0.39, 0.29) is 11.9 Å². The number of halogens is 4. The molecule has 0 N–H and O–H groups in total. The molecule has 0 bridgehead atoms. The number of anilines is 1. The first kappa shape index (κ1) is 20.2. The lowest BCUT2D eigenvalue weighted by molar-refractivity contribution is -0.137. The van der Waals surface area contributed by atoms with Gasteiger partial charge in [0, 0.05) is 45.9 Å². The van der Waals surface area contributed by atoms with Crippen molar-refractivity contribution in [2.75, 3.05) is 44.8 Å². The summed E-state index contributed by atoms with van der Waals surface area (Å²) < 4.78 is 44.8. The molecule has 3 aliphatic rings. The van der Waals surface area contributed by atoms with Crippen LogP contribution in [0.5, 0.6) is 0 Å². The fourth-order valence-electron chi connectivity index (χ4n) is 5.05. The molecule has 1 aromatic heterocycles. The SMILES string of the molecule is CN(c1cc(C(F)(F)F)c(Cl)nn1)[C@H]1C[C@@H]2CN(CC3CCOCC3)C[C@@H]2C1. The van der Waals surface area contributed by atoms with Gasteiger partial charge in [-0.1, -0.05) is 11.6 Å². The largest absolute Gasteiger partial charge is 0.419 e. The maximum atomic E-state index is 13.1. The first-order valence-corrected chi connectivity index (χ1v) is 10.3. The van der Waals surface area contributed by atoms with Crippen LogP contribution in [0.2, 0.25) is 5.15 Å². The van der Waals surface area contributed by atoms with Crippen LogP contribution >= 0.6 is 11.6 Å². The summed E-state index contributed by atoms with van der Waals surface area (Å²) in [5.41, 5.74) is -0.924. The van der Waals surface area contributed by atoms with Crippen molar-refractivity contribution in [3.05, 3.63) is 16.8 Å². The number of alkyl halides is 3. The second-order valence-corrected chi connectivity index (χ2v) is 8.79. The Morgan fingerprint density at radius 3 is 2.43 bits per heavy atom. The molecule has 1 aliphatic carbocycles. The maximum absolute atomic E-state index is 13.1. The molecular weight excluding hydrogens is 393 g/mol. The van der Waals surface area contributed by atoms with Gasteiger partial charge in [-0.2, -0.15) is 13.2 Å². The monoisotopic (exact) mass is 418 g/mol. The first-order valence-electron chi connectivity index (χ1n) is 9.94. The Morgan fingerprint density at radius 2 is 1.82 bits per heavy atom. The van der Waals surface area contributed by atoms with E-state index in [9.17, 15) is 13.2 Å². The van der Waals surface area contributed by atoms with Gasteiger partial charge in [0.1, 0.15) is 0 Å². The van der Waals surface area contributed by atoms with Crippen LogP contribution in [0.25, 0.3) is 0 Å². The number of nitrogens with zero attached hydrogens (tertiary/aromatic N) is 4. The van der Waals surface area contributed by atoms with Crippen molar-refractivity contribution in [2.24, 2.45) is 17.8 Å². The number of fused-ring (bicyclic) bond motifs is 1. The minimum atomic E-state index is -4.53. The van der Waals surface area contributed by atoms with Crippen LogP contribution in [0.1, 0.15) is 31.2 Å². The molecule has 0 amide bonds. The summed E-state index contributed by atoms with van der Waals surface area (Å²) in [6.45, 7) is 5.08. The van der Waals surface area contributed by atoms with Gasteiger partial charge in [0.15, 0.2) is 11.0 Å². The van der Waals surface area contributed by atoms with Gasteiger partial charge in [0.05, 0.1) is 5.56 Å². The van der Waals surface area contributed by atoms with E-state index < -0.39 is 16.9 Å². The summed E-state index contributed by atoms with van der Waals surface area (Å²) in [6, 6.07) is 1.21. The second-order valence-electron chi connectivity index (χ2n) is 8.44. The van der Waals surface area contributed by atoms with Gasteiger partial charge < -0.3 is 14.5 Å². The van der Waals surface area contributed by atoms with E-state index in [4.69, 9.17) is 16.3 Å². The highest BCUT2D eigenvalue weighted by Crippen LogP contribution is 2.42. The van der Waals surface area contributed by atoms with Crippen molar-refractivity contribution in [2.45, 2.75) is 37.9 Å². The molecule has 0 unspecified atom stereocenters. The molecule has 28 heavy (non-hydrogen) atoms. The van der Waals surface area contributed by atoms with Gasteiger partial charge in [-0.05, 0) is 49.5 Å². The summed E-state index contributed by atoms with van der Waals surface area (Å²) in [5, 5.41) is 6.83. The Morgan fingerprint density at radius 1 is 1.18 bits per heavy atom.